The topological polar surface area (TPSA) is 49.7 Å². The van der Waals surface area contributed by atoms with E-state index >= 15 is 0 Å². The van der Waals surface area contributed by atoms with E-state index in [4.69, 9.17) is 4.99 Å². The number of hydrogen-bond donors (Lipinski definition) is 0. The molecular weight excluding hydrogens is 371 g/mol. The Kier molecular flexibility index (Phi) is 4.52. The van der Waals surface area contributed by atoms with Gasteiger partial charge in [-0.2, -0.15) is 0 Å². The lowest BCUT2D eigenvalue weighted by atomic mass is 10.1. The summed E-state index contributed by atoms with van der Waals surface area (Å²) < 4.78 is 37.5. The molecule has 4 nitrogen and oxygen atoms in total. The lowest BCUT2D eigenvalue weighted by Gasteiger charge is -2.26. The second-order valence-corrected chi connectivity index (χ2v) is 9.84. The van der Waals surface area contributed by atoms with Crippen molar-refractivity contribution in [2.24, 2.45) is 4.99 Å². The normalized spacial score (nSPS) is 23.8. The van der Waals surface area contributed by atoms with Gasteiger partial charge >= 0.3 is 0 Å². The second-order valence-electron chi connectivity index (χ2n) is 6.75. The largest absolute Gasteiger partial charge is 0.315 e. The number of hydrogen-bond acceptors (Lipinski definition) is 5. The highest BCUT2D eigenvalue weighted by atomic mass is 32.2. The summed E-state index contributed by atoms with van der Waals surface area (Å²) in [4.78, 5) is 6.74. The van der Waals surface area contributed by atoms with Gasteiger partial charge in [0.25, 0.3) is 0 Å². The number of nitrogens with zero attached hydrogens (tertiary/aromatic N) is 2. The molecule has 2 heterocycles. The summed E-state index contributed by atoms with van der Waals surface area (Å²) in [5.41, 5.74) is 2.98. The predicted molar refractivity (Wildman–Crippen MR) is 105 cm³/mol. The molecule has 0 bridgehead atoms. The molecule has 1 fully saturated rings. The third-order valence-electron chi connectivity index (χ3n) is 4.68. The van der Waals surface area contributed by atoms with Crippen molar-refractivity contribution in [3.63, 3.8) is 0 Å². The first-order valence-electron chi connectivity index (χ1n) is 8.43. The highest BCUT2D eigenvalue weighted by Crippen LogP contribution is 2.36. The summed E-state index contributed by atoms with van der Waals surface area (Å²) in [6.07, 6.45) is 0. The number of aryl methyl sites for hydroxylation is 1. The number of benzene rings is 2. The van der Waals surface area contributed by atoms with Crippen molar-refractivity contribution < 1.29 is 12.8 Å². The third kappa shape index (κ3) is 3.50. The van der Waals surface area contributed by atoms with Crippen molar-refractivity contribution in [2.75, 3.05) is 16.4 Å². The molecule has 0 spiro atoms. The molecule has 1 saturated heterocycles. The zero-order valence-corrected chi connectivity index (χ0v) is 15.9. The fraction of sp³-hybridized carbons (Fsp3) is 0.316. The molecule has 0 radical (unpaired) electrons. The van der Waals surface area contributed by atoms with Gasteiger partial charge in [0.15, 0.2) is 15.0 Å². The fourth-order valence-corrected chi connectivity index (χ4v) is 6.32. The van der Waals surface area contributed by atoms with E-state index in [1.165, 1.54) is 23.9 Å². The molecule has 0 unspecified atom stereocenters. The first-order chi connectivity index (χ1) is 12.4. The van der Waals surface area contributed by atoms with Gasteiger partial charge in [-0.05, 0) is 36.8 Å². The molecule has 7 heteroatoms. The Morgan fingerprint density at radius 2 is 1.96 bits per heavy atom. The van der Waals surface area contributed by atoms with Crippen molar-refractivity contribution in [3.05, 3.63) is 65.5 Å². The van der Waals surface area contributed by atoms with Gasteiger partial charge in [0.05, 0.1) is 23.6 Å². The molecule has 2 aliphatic heterocycles. The van der Waals surface area contributed by atoms with Crippen LogP contribution in [0.2, 0.25) is 0 Å². The summed E-state index contributed by atoms with van der Waals surface area (Å²) in [5.74, 6) is 0.559. The van der Waals surface area contributed by atoms with E-state index < -0.39 is 9.84 Å². The van der Waals surface area contributed by atoms with Crippen molar-refractivity contribution >= 4 is 32.5 Å². The van der Waals surface area contributed by atoms with Crippen molar-refractivity contribution in [3.8, 4) is 0 Å². The van der Waals surface area contributed by atoms with Gasteiger partial charge in [-0.15, -0.1) is 0 Å². The Morgan fingerprint density at radius 3 is 2.69 bits per heavy atom. The van der Waals surface area contributed by atoms with Gasteiger partial charge < -0.3 is 4.90 Å². The minimum Gasteiger partial charge on any atom is -0.315 e. The van der Waals surface area contributed by atoms with E-state index in [1.54, 1.807) is 6.07 Å². The molecule has 26 heavy (non-hydrogen) atoms. The molecule has 0 aromatic heterocycles. The summed E-state index contributed by atoms with van der Waals surface area (Å²) in [6, 6.07) is 14.2. The molecule has 2 atom stereocenters. The Labute approximate surface area is 157 Å². The number of anilines is 1. The molecule has 0 amide bonds. The van der Waals surface area contributed by atoms with E-state index in [2.05, 4.69) is 0 Å². The molecule has 4 rings (SSSR count). The summed E-state index contributed by atoms with van der Waals surface area (Å²) >= 11 is 1.52. The number of aliphatic imine (C=N–C) groups is 1. The predicted octanol–water partition coefficient (Wildman–Crippen LogP) is 3.41. The van der Waals surface area contributed by atoms with Gasteiger partial charge in [0, 0.05) is 11.4 Å². The quantitative estimate of drug-likeness (QED) is 0.806. The number of fused-ring (bicyclic) bond motifs is 1. The number of amidine groups is 1. The summed E-state index contributed by atoms with van der Waals surface area (Å²) in [5, 5.41) is 0.808. The smallest absolute Gasteiger partial charge is 0.164 e. The standard InChI is InChI=1S/C19H19FN2O2S2/c1-13-5-7-16(8-6-13)22-18-12-26(23,24)11-17(18)21-19(22)25-10-14-3-2-4-15(20)9-14/h2-9,17-18H,10-12H2,1H3/t17-,18+/m0/s1. The van der Waals surface area contributed by atoms with Crippen LogP contribution in [-0.2, 0) is 15.6 Å². The lowest BCUT2D eigenvalue weighted by molar-refractivity contribution is 0.601. The molecule has 0 N–H and O–H groups in total. The maximum atomic E-state index is 13.4. The van der Waals surface area contributed by atoms with Crippen LogP contribution in [-0.4, -0.2) is 37.2 Å². The number of sulfone groups is 1. The van der Waals surface area contributed by atoms with E-state index in [1.807, 2.05) is 42.2 Å². The van der Waals surface area contributed by atoms with Crippen LogP contribution in [0.4, 0.5) is 10.1 Å². The first kappa shape index (κ1) is 17.5. The SMILES string of the molecule is Cc1ccc(N2C(SCc3cccc(F)c3)=N[C@H]3CS(=O)(=O)C[C@H]32)cc1. The third-order valence-corrected chi connectivity index (χ3v) is 7.41. The first-order valence-corrected chi connectivity index (χ1v) is 11.2. The van der Waals surface area contributed by atoms with E-state index in [9.17, 15) is 12.8 Å². The van der Waals surface area contributed by atoms with Crippen LogP contribution in [0.3, 0.4) is 0 Å². The summed E-state index contributed by atoms with van der Waals surface area (Å²) in [6.45, 7) is 2.02. The van der Waals surface area contributed by atoms with Crippen LogP contribution in [0.25, 0.3) is 0 Å². The lowest BCUT2D eigenvalue weighted by Crippen LogP contribution is -2.39. The maximum absolute atomic E-state index is 13.4. The minimum atomic E-state index is -3.06. The van der Waals surface area contributed by atoms with Gasteiger partial charge in [-0.3, -0.25) is 4.99 Å². The minimum absolute atomic E-state index is 0.101. The number of thioether (sulfide) groups is 1. The Balaban J connectivity index is 1.61. The van der Waals surface area contributed by atoms with Crippen molar-refractivity contribution in [1.29, 1.82) is 0 Å². The van der Waals surface area contributed by atoms with Crippen LogP contribution < -0.4 is 4.90 Å². The zero-order valence-electron chi connectivity index (χ0n) is 14.3. The molecule has 2 aliphatic rings. The fourth-order valence-electron chi connectivity index (χ4n) is 3.42. The highest BCUT2D eigenvalue weighted by molar-refractivity contribution is 8.13. The highest BCUT2D eigenvalue weighted by Gasteiger charge is 2.47. The number of rotatable bonds is 3. The maximum Gasteiger partial charge on any atom is 0.164 e. The van der Waals surface area contributed by atoms with Gasteiger partial charge in [0.1, 0.15) is 5.82 Å². The van der Waals surface area contributed by atoms with E-state index in [0.29, 0.717) is 5.75 Å². The van der Waals surface area contributed by atoms with Crippen molar-refractivity contribution in [2.45, 2.75) is 24.8 Å². The Bertz CT molecular complexity index is 958. The van der Waals surface area contributed by atoms with Gasteiger partial charge in [-0.1, -0.05) is 41.6 Å². The van der Waals surface area contributed by atoms with Crippen LogP contribution in [0.15, 0.2) is 53.5 Å². The molecule has 2 aromatic carbocycles. The second kappa shape index (κ2) is 6.70. The average molecular weight is 391 g/mol. The van der Waals surface area contributed by atoms with Crippen LogP contribution >= 0.6 is 11.8 Å². The molecule has 0 aliphatic carbocycles. The Hall–Kier alpha value is -1.86. The Morgan fingerprint density at radius 1 is 1.19 bits per heavy atom. The van der Waals surface area contributed by atoms with Crippen LogP contribution in [0.1, 0.15) is 11.1 Å². The number of halogens is 1. The summed E-state index contributed by atoms with van der Waals surface area (Å²) in [7, 11) is -3.06. The van der Waals surface area contributed by atoms with Gasteiger partial charge in [-0.25, -0.2) is 12.8 Å². The van der Waals surface area contributed by atoms with E-state index in [-0.39, 0.29) is 29.4 Å². The van der Waals surface area contributed by atoms with E-state index in [0.717, 1.165) is 22.0 Å². The molecule has 136 valence electrons. The van der Waals surface area contributed by atoms with Crippen LogP contribution in [0, 0.1) is 12.7 Å². The average Bonchev–Trinajstić information content (AvgIpc) is 3.05. The molecule has 0 saturated carbocycles. The molecule has 2 aromatic rings. The molecular formula is C19H19FN2O2S2. The zero-order chi connectivity index (χ0) is 18.3. The monoisotopic (exact) mass is 390 g/mol. The van der Waals surface area contributed by atoms with Crippen molar-refractivity contribution in [1.82, 2.24) is 0 Å². The van der Waals surface area contributed by atoms with Crippen LogP contribution in [0.5, 0.6) is 0 Å². The van der Waals surface area contributed by atoms with Gasteiger partial charge in [0.2, 0.25) is 0 Å².